The third-order valence-corrected chi connectivity index (χ3v) is 10.3. The van der Waals surface area contributed by atoms with Crippen molar-refractivity contribution in [3.05, 3.63) is 82.3 Å². The second-order valence-electron chi connectivity index (χ2n) is 11.7. The van der Waals surface area contributed by atoms with E-state index in [1.165, 1.54) is 18.2 Å². The number of thiophene rings is 1. The molecule has 2 heterocycles. The van der Waals surface area contributed by atoms with Crippen LogP contribution in [0.2, 0.25) is 5.02 Å². The molecular weight excluding hydrogens is 556 g/mol. The molecule has 6 rings (SSSR count). The molecule has 2 aromatic heterocycles. The molecule has 0 amide bonds. The van der Waals surface area contributed by atoms with E-state index in [4.69, 9.17) is 21.1 Å². The number of phenolic OH excluding ortho intramolecular Hbond substituents is 1. The maximum absolute atomic E-state index is 13.3. The molecule has 1 saturated carbocycles. The summed E-state index contributed by atoms with van der Waals surface area (Å²) in [5.74, 6) is 1.62. The number of carbonyl (C=O) groups excluding carboxylic acids is 1. The van der Waals surface area contributed by atoms with Crippen molar-refractivity contribution < 1.29 is 19.4 Å². The Labute approximate surface area is 249 Å². The summed E-state index contributed by atoms with van der Waals surface area (Å²) in [5, 5.41) is 16.6. The maximum atomic E-state index is 13.3. The van der Waals surface area contributed by atoms with Gasteiger partial charge in [-0.2, -0.15) is 0 Å². The van der Waals surface area contributed by atoms with Crippen LogP contribution >= 0.6 is 22.9 Å². The van der Waals surface area contributed by atoms with E-state index >= 15 is 0 Å². The number of methoxy groups -OCH3 is 1. The lowest BCUT2D eigenvalue weighted by Crippen LogP contribution is -2.53. The average Bonchev–Trinajstić information content (AvgIpc) is 3.56. The summed E-state index contributed by atoms with van der Waals surface area (Å²) in [4.78, 5) is 17.7. The number of aromatic nitrogens is 1. The number of rotatable bonds is 8. The van der Waals surface area contributed by atoms with Gasteiger partial charge in [-0.05, 0) is 115 Å². The SMILES string of the molecule is COC(=O)C1(Nc2cccc(Cl)c2)CCC2(CC1)c1cc(O)ccc1C[C@H]2C[C@@H](C)COc1ccnc2ccsc12. The topological polar surface area (TPSA) is 80.7 Å². The van der Waals surface area contributed by atoms with Gasteiger partial charge in [0.25, 0.3) is 0 Å². The fraction of sp³-hybridized carbons (Fsp3) is 0.394. The maximum Gasteiger partial charge on any atom is 0.331 e. The molecule has 0 unspecified atom stereocenters. The van der Waals surface area contributed by atoms with Crippen molar-refractivity contribution in [1.29, 1.82) is 0 Å². The van der Waals surface area contributed by atoms with Gasteiger partial charge < -0.3 is 19.9 Å². The minimum absolute atomic E-state index is 0.131. The van der Waals surface area contributed by atoms with E-state index in [2.05, 4.69) is 23.3 Å². The van der Waals surface area contributed by atoms with Crippen molar-refractivity contribution in [1.82, 2.24) is 4.98 Å². The Morgan fingerprint density at radius 2 is 2.00 bits per heavy atom. The van der Waals surface area contributed by atoms with Crippen LogP contribution in [0.25, 0.3) is 10.2 Å². The average molecular weight is 591 g/mol. The van der Waals surface area contributed by atoms with E-state index in [-0.39, 0.29) is 11.4 Å². The molecular formula is C33H35ClN2O4S. The molecule has 4 aromatic rings. The van der Waals surface area contributed by atoms with Gasteiger partial charge in [0.1, 0.15) is 17.0 Å². The number of benzene rings is 2. The number of aromatic hydroxyl groups is 1. The molecule has 0 saturated heterocycles. The Bertz CT molecular complexity index is 1560. The van der Waals surface area contributed by atoms with Crippen LogP contribution in [0.1, 0.15) is 50.2 Å². The summed E-state index contributed by atoms with van der Waals surface area (Å²) < 4.78 is 12.7. The van der Waals surface area contributed by atoms with E-state index in [0.717, 1.165) is 47.3 Å². The molecule has 1 fully saturated rings. The van der Waals surface area contributed by atoms with Gasteiger partial charge in [-0.1, -0.05) is 30.7 Å². The van der Waals surface area contributed by atoms with Crippen LogP contribution in [0.15, 0.2) is 66.2 Å². The molecule has 0 radical (unpaired) electrons. The molecule has 0 bridgehead atoms. The summed E-state index contributed by atoms with van der Waals surface area (Å²) in [6, 6.07) is 17.3. The number of carbonyl (C=O) groups is 1. The summed E-state index contributed by atoms with van der Waals surface area (Å²) in [6.45, 7) is 2.87. The van der Waals surface area contributed by atoms with E-state index in [0.29, 0.717) is 42.1 Å². The van der Waals surface area contributed by atoms with Crippen molar-refractivity contribution in [3.8, 4) is 11.5 Å². The first-order chi connectivity index (χ1) is 19.8. The quantitative estimate of drug-likeness (QED) is 0.204. The number of halogens is 1. The van der Waals surface area contributed by atoms with Crippen LogP contribution in [-0.2, 0) is 21.4 Å². The largest absolute Gasteiger partial charge is 0.508 e. The van der Waals surface area contributed by atoms with Crippen molar-refractivity contribution in [2.45, 2.75) is 56.4 Å². The van der Waals surface area contributed by atoms with Crippen LogP contribution < -0.4 is 10.1 Å². The molecule has 2 atom stereocenters. The normalized spacial score (nSPS) is 24.2. The number of nitrogens with one attached hydrogen (secondary N) is 1. The van der Waals surface area contributed by atoms with Crippen LogP contribution in [-0.4, -0.2) is 35.3 Å². The standard InChI is InChI=1S/C33H35ClN2O4S/c1-21(20-40-29-8-14-35-28-9-15-41-30(28)29)16-23-17-22-6-7-26(37)19-27(22)32(23)10-12-33(13-11-32,31(38)39-2)36-25-5-3-4-24(34)18-25/h3-9,14-15,18-19,21,23,36-37H,10-13,16-17,20H2,1-2H3/t21-,23-,32?,33?/m1/s1. The zero-order valence-electron chi connectivity index (χ0n) is 23.4. The second-order valence-corrected chi connectivity index (χ2v) is 13.1. The van der Waals surface area contributed by atoms with Gasteiger partial charge in [0, 0.05) is 16.9 Å². The second kappa shape index (κ2) is 11.2. The molecule has 8 heteroatoms. The van der Waals surface area contributed by atoms with Gasteiger partial charge in [-0.25, -0.2) is 4.79 Å². The lowest BCUT2D eigenvalue weighted by molar-refractivity contribution is -0.148. The molecule has 2 aliphatic carbocycles. The van der Waals surface area contributed by atoms with Crippen molar-refractivity contribution in [2.24, 2.45) is 11.8 Å². The monoisotopic (exact) mass is 590 g/mol. The molecule has 2 aromatic carbocycles. The lowest BCUT2D eigenvalue weighted by atomic mass is 9.59. The molecule has 6 nitrogen and oxygen atoms in total. The third-order valence-electron chi connectivity index (χ3n) is 9.18. The summed E-state index contributed by atoms with van der Waals surface area (Å²) in [7, 11) is 1.45. The lowest BCUT2D eigenvalue weighted by Gasteiger charge is -2.47. The van der Waals surface area contributed by atoms with Gasteiger partial charge in [0.2, 0.25) is 0 Å². The smallest absolute Gasteiger partial charge is 0.331 e. The van der Waals surface area contributed by atoms with Gasteiger partial charge in [-0.3, -0.25) is 4.98 Å². The van der Waals surface area contributed by atoms with Crippen molar-refractivity contribution >= 4 is 44.8 Å². The van der Waals surface area contributed by atoms with Gasteiger partial charge in [0.15, 0.2) is 0 Å². The number of nitrogens with zero attached hydrogens (tertiary/aromatic N) is 1. The fourth-order valence-corrected chi connectivity index (χ4v) is 8.17. The number of anilines is 1. The highest BCUT2D eigenvalue weighted by Crippen LogP contribution is 2.56. The predicted octanol–water partition coefficient (Wildman–Crippen LogP) is 7.77. The number of phenols is 1. The summed E-state index contributed by atoms with van der Waals surface area (Å²) in [5.41, 5.74) is 3.33. The Morgan fingerprint density at radius 1 is 1.17 bits per heavy atom. The molecule has 214 valence electrons. The Balaban J connectivity index is 1.23. The minimum Gasteiger partial charge on any atom is -0.508 e. The third kappa shape index (κ3) is 5.26. The zero-order chi connectivity index (χ0) is 28.6. The minimum atomic E-state index is -0.836. The van der Waals surface area contributed by atoms with Crippen molar-refractivity contribution in [3.63, 3.8) is 0 Å². The number of esters is 1. The van der Waals surface area contributed by atoms with Crippen molar-refractivity contribution in [2.75, 3.05) is 19.0 Å². The highest BCUT2D eigenvalue weighted by Gasteiger charge is 2.54. The van der Waals surface area contributed by atoms with Crippen LogP contribution in [0.3, 0.4) is 0 Å². The number of ether oxygens (including phenoxy) is 2. The number of hydrogen-bond acceptors (Lipinski definition) is 7. The summed E-state index contributed by atoms with van der Waals surface area (Å²) in [6.07, 6.45) is 6.61. The molecule has 0 aliphatic heterocycles. The first kappa shape index (κ1) is 27.9. The van der Waals surface area contributed by atoms with Gasteiger partial charge in [0.05, 0.1) is 23.9 Å². The van der Waals surface area contributed by atoms with E-state index in [9.17, 15) is 9.90 Å². The van der Waals surface area contributed by atoms with Gasteiger partial charge in [-0.15, -0.1) is 11.3 Å². The highest BCUT2D eigenvalue weighted by atomic mass is 35.5. The Hall–Kier alpha value is -3.29. The number of hydrogen-bond donors (Lipinski definition) is 2. The molecule has 2 aliphatic rings. The van der Waals surface area contributed by atoms with Crippen LogP contribution in [0, 0.1) is 11.8 Å². The van der Waals surface area contributed by atoms with E-state index < -0.39 is 5.54 Å². The number of pyridine rings is 1. The van der Waals surface area contributed by atoms with E-state index in [1.807, 2.05) is 47.8 Å². The van der Waals surface area contributed by atoms with Gasteiger partial charge >= 0.3 is 5.97 Å². The van der Waals surface area contributed by atoms with Crippen LogP contribution in [0.5, 0.6) is 11.5 Å². The molecule has 1 spiro atoms. The Kier molecular flexibility index (Phi) is 7.60. The molecule has 41 heavy (non-hydrogen) atoms. The first-order valence-corrected chi connectivity index (χ1v) is 15.5. The zero-order valence-corrected chi connectivity index (χ0v) is 24.9. The van der Waals surface area contributed by atoms with E-state index in [1.54, 1.807) is 23.6 Å². The fourth-order valence-electron chi connectivity index (χ4n) is 7.16. The first-order valence-electron chi connectivity index (χ1n) is 14.2. The number of fused-ring (bicyclic) bond motifs is 3. The highest BCUT2D eigenvalue weighted by molar-refractivity contribution is 7.17. The Morgan fingerprint density at radius 3 is 2.78 bits per heavy atom. The van der Waals surface area contributed by atoms with Crippen LogP contribution in [0.4, 0.5) is 5.69 Å². The predicted molar refractivity (Wildman–Crippen MR) is 164 cm³/mol. The molecule has 2 N–H and O–H groups in total. The summed E-state index contributed by atoms with van der Waals surface area (Å²) >= 11 is 7.91.